The third-order valence-corrected chi connectivity index (χ3v) is 3.72. The van der Waals surface area contributed by atoms with Gasteiger partial charge in [0.15, 0.2) is 0 Å². The van der Waals surface area contributed by atoms with Crippen LogP contribution >= 0.6 is 0 Å². The molecule has 1 N–H and O–H groups in total. The average Bonchev–Trinajstić information content (AvgIpc) is 2.78. The van der Waals surface area contributed by atoms with Gasteiger partial charge in [-0.25, -0.2) is 4.98 Å². The third-order valence-electron chi connectivity index (χ3n) is 3.72. The normalized spacial score (nSPS) is 21.3. The topological polar surface area (TPSA) is 33.1 Å². The second-order valence-electron chi connectivity index (χ2n) is 5.48. The van der Waals surface area contributed by atoms with E-state index in [4.69, 9.17) is 0 Å². The Morgan fingerprint density at radius 1 is 1.50 bits per heavy atom. The summed E-state index contributed by atoms with van der Waals surface area (Å²) in [5, 5.41) is 3.59. The highest BCUT2D eigenvalue weighted by molar-refractivity contribution is 4.97. The number of aromatic nitrogens is 2. The van der Waals surface area contributed by atoms with Crippen LogP contribution in [0.15, 0.2) is 12.5 Å². The number of rotatable bonds is 6. The number of nitrogens with one attached hydrogen (secondary N) is 1. The zero-order valence-corrected chi connectivity index (χ0v) is 11.7. The number of hydrogen-bond donors (Lipinski definition) is 1. The van der Waals surface area contributed by atoms with Crippen molar-refractivity contribution in [2.24, 2.45) is 5.92 Å². The number of piperidine rings is 1. The molecule has 4 nitrogen and oxygen atoms in total. The van der Waals surface area contributed by atoms with Crippen molar-refractivity contribution in [1.82, 2.24) is 19.8 Å². The van der Waals surface area contributed by atoms with E-state index in [9.17, 15) is 0 Å². The minimum absolute atomic E-state index is 0.811. The van der Waals surface area contributed by atoms with Crippen molar-refractivity contribution in [2.75, 3.05) is 26.7 Å². The van der Waals surface area contributed by atoms with E-state index in [1.807, 2.05) is 12.5 Å². The van der Waals surface area contributed by atoms with E-state index in [0.717, 1.165) is 32.0 Å². The molecule has 0 radical (unpaired) electrons. The van der Waals surface area contributed by atoms with Gasteiger partial charge in [0, 0.05) is 25.8 Å². The van der Waals surface area contributed by atoms with Gasteiger partial charge in [-0.1, -0.05) is 6.92 Å². The summed E-state index contributed by atoms with van der Waals surface area (Å²) < 4.78 is 2.25. The van der Waals surface area contributed by atoms with E-state index in [-0.39, 0.29) is 0 Å². The number of imidazole rings is 1. The Morgan fingerprint density at radius 2 is 2.39 bits per heavy atom. The Morgan fingerprint density at radius 3 is 3.17 bits per heavy atom. The van der Waals surface area contributed by atoms with Crippen molar-refractivity contribution in [3.8, 4) is 0 Å². The van der Waals surface area contributed by atoms with Crippen molar-refractivity contribution < 1.29 is 0 Å². The summed E-state index contributed by atoms with van der Waals surface area (Å²) in [5.74, 6) is 0.811. The third kappa shape index (κ3) is 3.82. The van der Waals surface area contributed by atoms with Gasteiger partial charge in [0.1, 0.15) is 0 Å². The fourth-order valence-electron chi connectivity index (χ4n) is 2.78. The van der Waals surface area contributed by atoms with E-state index in [2.05, 4.69) is 33.7 Å². The van der Waals surface area contributed by atoms with Crippen LogP contribution in [0.2, 0.25) is 0 Å². The van der Waals surface area contributed by atoms with E-state index in [1.165, 1.54) is 31.6 Å². The van der Waals surface area contributed by atoms with Crippen LogP contribution in [-0.2, 0) is 13.1 Å². The molecule has 18 heavy (non-hydrogen) atoms. The summed E-state index contributed by atoms with van der Waals surface area (Å²) in [6, 6.07) is 0. The van der Waals surface area contributed by atoms with E-state index >= 15 is 0 Å². The molecule has 4 heteroatoms. The van der Waals surface area contributed by atoms with Crippen LogP contribution in [0.5, 0.6) is 0 Å². The SMILES string of the molecule is CCCn1cncc1CNCC1CCCN(C)C1. The molecule has 0 aromatic carbocycles. The molecule has 1 fully saturated rings. The Labute approximate surface area is 110 Å². The molecule has 0 spiro atoms. The van der Waals surface area contributed by atoms with Crippen LogP contribution in [0.1, 0.15) is 31.9 Å². The van der Waals surface area contributed by atoms with Crippen LogP contribution in [0.3, 0.4) is 0 Å². The Balaban J connectivity index is 1.72. The lowest BCUT2D eigenvalue weighted by atomic mass is 9.98. The molecule has 1 aromatic heterocycles. The molecular formula is C14H26N4. The second-order valence-corrected chi connectivity index (χ2v) is 5.48. The Bertz CT molecular complexity index is 347. The van der Waals surface area contributed by atoms with Gasteiger partial charge >= 0.3 is 0 Å². The highest BCUT2D eigenvalue weighted by atomic mass is 15.1. The van der Waals surface area contributed by atoms with Crippen molar-refractivity contribution in [2.45, 2.75) is 39.3 Å². The molecule has 1 atom stereocenters. The molecule has 0 bridgehead atoms. The molecular weight excluding hydrogens is 224 g/mol. The largest absolute Gasteiger partial charge is 0.333 e. The first-order valence-corrected chi connectivity index (χ1v) is 7.18. The molecule has 1 aliphatic heterocycles. The van der Waals surface area contributed by atoms with Crippen LogP contribution in [0.4, 0.5) is 0 Å². The van der Waals surface area contributed by atoms with Crippen LogP contribution in [-0.4, -0.2) is 41.1 Å². The zero-order chi connectivity index (χ0) is 12.8. The molecule has 1 aliphatic rings. The first kappa shape index (κ1) is 13.6. The van der Waals surface area contributed by atoms with Crippen molar-refractivity contribution >= 4 is 0 Å². The molecule has 0 saturated carbocycles. The van der Waals surface area contributed by atoms with Gasteiger partial charge in [-0.05, 0) is 45.3 Å². The van der Waals surface area contributed by atoms with E-state index in [1.54, 1.807) is 0 Å². The maximum absolute atomic E-state index is 4.23. The Hall–Kier alpha value is -0.870. The van der Waals surface area contributed by atoms with Gasteiger partial charge in [-0.15, -0.1) is 0 Å². The molecule has 2 heterocycles. The van der Waals surface area contributed by atoms with Gasteiger partial charge in [-0.2, -0.15) is 0 Å². The molecule has 0 amide bonds. The highest BCUT2D eigenvalue weighted by Gasteiger charge is 2.16. The van der Waals surface area contributed by atoms with Crippen molar-refractivity contribution in [3.63, 3.8) is 0 Å². The average molecular weight is 250 g/mol. The van der Waals surface area contributed by atoms with Gasteiger partial charge in [-0.3, -0.25) is 0 Å². The molecule has 1 aromatic rings. The van der Waals surface area contributed by atoms with Crippen LogP contribution < -0.4 is 5.32 Å². The van der Waals surface area contributed by atoms with Gasteiger partial charge < -0.3 is 14.8 Å². The summed E-state index contributed by atoms with van der Waals surface area (Å²) in [4.78, 5) is 6.67. The molecule has 2 rings (SSSR count). The summed E-state index contributed by atoms with van der Waals surface area (Å²) in [7, 11) is 2.22. The first-order chi connectivity index (χ1) is 8.79. The lowest BCUT2D eigenvalue weighted by Gasteiger charge is -2.29. The van der Waals surface area contributed by atoms with Crippen LogP contribution in [0, 0.1) is 5.92 Å². The van der Waals surface area contributed by atoms with Crippen LogP contribution in [0.25, 0.3) is 0 Å². The van der Waals surface area contributed by atoms with Crippen molar-refractivity contribution in [1.29, 1.82) is 0 Å². The number of nitrogens with zero attached hydrogens (tertiary/aromatic N) is 3. The molecule has 1 unspecified atom stereocenters. The zero-order valence-electron chi connectivity index (χ0n) is 11.7. The second kappa shape index (κ2) is 6.90. The number of aryl methyl sites for hydroxylation is 1. The molecule has 102 valence electrons. The molecule has 0 aliphatic carbocycles. The maximum atomic E-state index is 4.23. The summed E-state index contributed by atoms with van der Waals surface area (Å²) in [5.41, 5.74) is 1.31. The quantitative estimate of drug-likeness (QED) is 0.834. The standard InChI is InChI=1S/C14H26N4/c1-3-6-18-12-16-10-14(18)9-15-8-13-5-4-7-17(2)11-13/h10,12-13,15H,3-9,11H2,1-2H3. The predicted octanol–water partition coefficient (Wildman–Crippen LogP) is 1.72. The fraction of sp³-hybridized carbons (Fsp3) is 0.786. The molecule has 1 saturated heterocycles. The smallest absolute Gasteiger partial charge is 0.0948 e. The minimum atomic E-state index is 0.811. The van der Waals surface area contributed by atoms with Crippen molar-refractivity contribution in [3.05, 3.63) is 18.2 Å². The lowest BCUT2D eigenvalue weighted by Crippen LogP contribution is -2.37. The van der Waals surface area contributed by atoms with E-state index in [0.29, 0.717) is 0 Å². The summed E-state index contributed by atoms with van der Waals surface area (Å²) in [6.45, 7) is 7.85. The summed E-state index contributed by atoms with van der Waals surface area (Å²) in [6.07, 6.45) is 7.80. The lowest BCUT2D eigenvalue weighted by molar-refractivity contribution is 0.206. The maximum Gasteiger partial charge on any atom is 0.0948 e. The summed E-state index contributed by atoms with van der Waals surface area (Å²) >= 11 is 0. The van der Waals surface area contributed by atoms with Gasteiger partial charge in [0.2, 0.25) is 0 Å². The van der Waals surface area contributed by atoms with Gasteiger partial charge in [0.05, 0.1) is 12.0 Å². The monoisotopic (exact) mass is 250 g/mol. The first-order valence-electron chi connectivity index (χ1n) is 7.18. The van der Waals surface area contributed by atoms with Gasteiger partial charge in [0.25, 0.3) is 0 Å². The fourth-order valence-corrected chi connectivity index (χ4v) is 2.78. The Kier molecular flexibility index (Phi) is 5.20. The number of likely N-dealkylation sites (tertiary alicyclic amines) is 1. The predicted molar refractivity (Wildman–Crippen MR) is 74.4 cm³/mol. The highest BCUT2D eigenvalue weighted by Crippen LogP contribution is 2.14. The number of hydrogen-bond acceptors (Lipinski definition) is 3. The van der Waals surface area contributed by atoms with E-state index < -0.39 is 0 Å². The minimum Gasteiger partial charge on any atom is -0.333 e.